The van der Waals surface area contributed by atoms with Crippen LogP contribution in [0.5, 0.6) is 0 Å². The lowest BCUT2D eigenvalue weighted by Crippen LogP contribution is -2.66. The third kappa shape index (κ3) is 5.08. The molecule has 0 radical (unpaired) electrons. The molecule has 2 atom stereocenters. The van der Waals surface area contributed by atoms with E-state index in [1.807, 2.05) is 13.0 Å². The molecule has 36 heavy (non-hydrogen) atoms. The molecule has 3 heterocycles. The van der Waals surface area contributed by atoms with Gasteiger partial charge >= 0.3 is 0 Å². The third-order valence-electron chi connectivity index (χ3n) is 8.30. The summed E-state index contributed by atoms with van der Waals surface area (Å²) in [5, 5.41) is 8.14. The largest absolute Gasteiger partial charge is 0.376 e. The van der Waals surface area contributed by atoms with Crippen molar-refractivity contribution in [2.24, 2.45) is 0 Å². The first-order valence-electron chi connectivity index (χ1n) is 13.9. The molecule has 2 aromatic rings. The summed E-state index contributed by atoms with van der Waals surface area (Å²) in [6.07, 6.45) is 10.9. The number of rotatable bonds is 6. The predicted octanol–water partition coefficient (Wildman–Crippen LogP) is 4.74. The van der Waals surface area contributed by atoms with Crippen LogP contribution in [0.3, 0.4) is 0 Å². The van der Waals surface area contributed by atoms with Crippen LogP contribution in [0.2, 0.25) is 0 Å². The van der Waals surface area contributed by atoms with Gasteiger partial charge in [-0.05, 0) is 50.7 Å². The molecule has 1 saturated heterocycles. The molecule has 3 aliphatic rings. The number of nitrogens with zero attached hydrogens (tertiary/aromatic N) is 3. The Labute approximate surface area is 214 Å². The van der Waals surface area contributed by atoms with Crippen molar-refractivity contribution in [1.29, 1.82) is 0 Å². The summed E-state index contributed by atoms with van der Waals surface area (Å²) in [6, 6.07) is 10.4. The smallest absolute Gasteiger partial charge is 0.273 e. The summed E-state index contributed by atoms with van der Waals surface area (Å²) < 4.78 is 7.64. The minimum Gasteiger partial charge on any atom is -0.376 e. The molecule has 2 unspecified atom stereocenters. The van der Waals surface area contributed by atoms with Crippen LogP contribution in [-0.2, 0) is 22.5 Å². The van der Waals surface area contributed by atoms with E-state index in [-0.39, 0.29) is 24.0 Å². The number of fused-ring (bicyclic) bond motifs is 1. The van der Waals surface area contributed by atoms with Crippen LogP contribution in [0.1, 0.15) is 87.7 Å². The number of nitrogens with one attached hydrogen (secondary N) is 1. The van der Waals surface area contributed by atoms with E-state index in [0.717, 1.165) is 56.2 Å². The fourth-order valence-corrected chi connectivity index (χ4v) is 5.91. The van der Waals surface area contributed by atoms with Crippen LogP contribution in [0.25, 0.3) is 11.3 Å². The molecule has 1 aromatic carbocycles. The van der Waals surface area contributed by atoms with E-state index in [9.17, 15) is 9.59 Å². The van der Waals surface area contributed by atoms with Crippen molar-refractivity contribution in [3.8, 4) is 11.3 Å². The molecule has 1 N–H and O–H groups in total. The van der Waals surface area contributed by atoms with Crippen molar-refractivity contribution in [3.05, 3.63) is 41.6 Å². The maximum Gasteiger partial charge on any atom is 0.273 e. The maximum absolute atomic E-state index is 13.9. The molecule has 1 saturated carbocycles. The van der Waals surface area contributed by atoms with E-state index >= 15 is 0 Å². The van der Waals surface area contributed by atoms with Gasteiger partial charge in [0.1, 0.15) is 11.2 Å². The number of hydrogen-bond acceptors (Lipinski definition) is 4. The van der Waals surface area contributed by atoms with Gasteiger partial charge in [0.05, 0.1) is 18.3 Å². The summed E-state index contributed by atoms with van der Waals surface area (Å²) in [4.78, 5) is 29.5. The van der Waals surface area contributed by atoms with E-state index < -0.39 is 5.54 Å². The molecule has 5 rings (SSSR count). The molecule has 194 valence electrons. The van der Waals surface area contributed by atoms with Crippen LogP contribution in [-0.4, -0.2) is 57.3 Å². The first kappa shape index (κ1) is 25.0. The zero-order chi connectivity index (χ0) is 25.1. The van der Waals surface area contributed by atoms with Crippen molar-refractivity contribution in [2.45, 2.75) is 102 Å². The molecular formula is C29H40N4O3. The Bertz CT molecular complexity index is 1060. The van der Waals surface area contributed by atoms with Crippen LogP contribution >= 0.6 is 0 Å². The fourth-order valence-electron chi connectivity index (χ4n) is 5.91. The van der Waals surface area contributed by atoms with Crippen LogP contribution in [0, 0.1) is 0 Å². The van der Waals surface area contributed by atoms with Crippen molar-refractivity contribution in [2.75, 3.05) is 13.2 Å². The second kappa shape index (κ2) is 10.8. The lowest BCUT2D eigenvalue weighted by Gasteiger charge is -2.44. The summed E-state index contributed by atoms with van der Waals surface area (Å²) in [7, 11) is 0. The van der Waals surface area contributed by atoms with Gasteiger partial charge in [-0.15, -0.1) is 0 Å². The Morgan fingerprint density at radius 2 is 1.81 bits per heavy atom. The molecule has 2 fully saturated rings. The van der Waals surface area contributed by atoms with Gasteiger partial charge in [-0.25, -0.2) is 0 Å². The van der Waals surface area contributed by atoms with Gasteiger partial charge in [0.2, 0.25) is 5.91 Å². The van der Waals surface area contributed by atoms with E-state index in [2.05, 4.69) is 36.5 Å². The van der Waals surface area contributed by atoms with Crippen LogP contribution < -0.4 is 5.32 Å². The van der Waals surface area contributed by atoms with E-state index in [4.69, 9.17) is 9.84 Å². The van der Waals surface area contributed by atoms with Crippen LogP contribution in [0.4, 0.5) is 0 Å². The van der Waals surface area contributed by atoms with E-state index in [1.54, 1.807) is 9.58 Å². The summed E-state index contributed by atoms with van der Waals surface area (Å²) >= 11 is 0. The second-order valence-corrected chi connectivity index (χ2v) is 11.0. The Morgan fingerprint density at radius 3 is 2.47 bits per heavy atom. The number of benzene rings is 1. The van der Waals surface area contributed by atoms with Crippen molar-refractivity contribution in [1.82, 2.24) is 20.0 Å². The van der Waals surface area contributed by atoms with Gasteiger partial charge in [-0.2, -0.15) is 5.10 Å². The molecule has 7 heteroatoms. The van der Waals surface area contributed by atoms with Gasteiger partial charge < -0.3 is 15.0 Å². The number of amides is 2. The predicted molar refractivity (Wildman–Crippen MR) is 140 cm³/mol. The van der Waals surface area contributed by atoms with E-state index in [1.165, 1.54) is 24.8 Å². The quantitative estimate of drug-likeness (QED) is 0.632. The first-order valence-corrected chi connectivity index (χ1v) is 13.9. The molecule has 2 aliphatic heterocycles. The summed E-state index contributed by atoms with van der Waals surface area (Å²) in [6.45, 7) is 5.52. The van der Waals surface area contributed by atoms with Gasteiger partial charge in [0.25, 0.3) is 5.91 Å². The lowest BCUT2D eigenvalue weighted by molar-refractivity contribution is -0.134. The number of aryl methyl sites for hydroxylation is 1. The van der Waals surface area contributed by atoms with Gasteiger partial charge in [-0.1, -0.05) is 63.3 Å². The highest BCUT2D eigenvalue weighted by Gasteiger charge is 2.49. The SMILES string of the molecule is CCc1ccc(-c2cc3n(n2)CC(C)(C(=O)NC2CCCCCCC2)N(CC2CCCO2)C3=O)cc1. The molecule has 1 aromatic heterocycles. The Balaban J connectivity index is 1.43. The van der Waals surface area contributed by atoms with Crippen LogP contribution in [0.15, 0.2) is 30.3 Å². The van der Waals surface area contributed by atoms with Crippen molar-refractivity contribution >= 4 is 11.8 Å². The molecule has 0 bridgehead atoms. The molecular weight excluding hydrogens is 452 g/mol. The Morgan fingerprint density at radius 1 is 1.08 bits per heavy atom. The van der Waals surface area contributed by atoms with E-state index in [0.29, 0.717) is 25.4 Å². The van der Waals surface area contributed by atoms with Gasteiger partial charge in [-0.3, -0.25) is 14.3 Å². The summed E-state index contributed by atoms with van der Waals surface area (Å²) in [5.74, 6) is -0.217. The lowest BCUT2D eigenvalue weighted by atomic mass is 9.92. The average Bonchev–Trinajstić information content (AvgIpc) is 3.53. The zero-order valence-corrected chi connectivity index (χ0v) is 21.8. The fraction of sp³-hybridized carbons (Fsp3) is 0.621. The molecule has 2 amide bonds. The van der Waals surface area contributed by atoms with Gasteiger partial charge in [0, 0.05) is 24.8 Å². The number of carbonyl (C=O) groups excluding carboxylic acids is 2. The maximum atomic E-state index is 13.9. The monoisotopic (exact) mass is 492 g/mol. The Hall–Kier alpha value is -2.67. The summed E-state index contributed by atoms with van der Waals surface area (Å²) in [5.41, 5.74) is 2.53. The average molecular weight is 493 g/mol. The highest BCUT2D eigenvalue weighted by atomic mass is 16.5. The van der Waals surface area contributed by atoms with Crippen molar-refractivity contribution < 1.29 is 14.3 Å². The first-order chi connectivity index (χ1) is 17.5. The minimum absolute atomic E-state index is 0.0296. The highest BCUT2D eigenvalue weighted by molar-refractivity contribution is 6.00. The number of ether oxygens (including phenoxy) is 1. The normalized spacial score (nSPS) is 25.3. The standard InChI is InChI=1S/C29H40N4O3/c1-3-21-13-15-22(16-14-21)25-18-26-27(34)32(19-24-12-9-17-36-24)29(2,20-33(26)31-25)28(35)30-23-10-7-5-4-6-8-11-23/h13-16,18,23-24H,3-12,17,19-20H2,1-2H3,(H,30,35). The molecule has 1 aliphatic carbocycles. The zero-order valence-electron chi connectivity index (χ0n) is 21.8. The Kier molecular flexibility index (Phi) is 7.47. The second-order valence-electron chi connectivity index (χ2n) is 11.0. The highest BCUT2D eigenvalue weighted by Crippen LogP contribution is 2.32. The third-order valence-corrected chi connectivity index (χ3v) is 8.30. The van der Waals surface area contributed by atoms with Crippen molar-refractivity contribution in [3.63, 3.8) is 0 Å². The van der Waals surface area contributed by atoms with Gasteiger partial charge in [0.15, 0.2) is 0 Å². The molecule has 0 spiro atoms. The number of carbonyl (C=O) groups is 2. The molecule has 7 nitrogen and oxygen atoms in total. The minimum atomic E-state index is -1.02. The number of aromatic nitrogens is 2. The number of hydrogen-bond donors (Lipinski definition) is 1. The topological polar surface area (TPSA) is 76.5 Å².